The Morgan fingerprint density at radius 1 is 1.27 bits per heavy atom. The van der Waals surface area contributed by atoms with Crippen LogP contribution in [0.4, 0.5) is 0 Å². The van der Waals surface area contributed by atoms with Crippen molar-refractivity contribution in [2.24, 2.45) is 5.92 Å². The van der Waals surface area contributed by atoms with Crippen molar-refractivity contribution in [1.29, 1.82) is 0 Å². The molecular weight excluding hydrogens is 207 g/mol. The Morgan fingerprint density at radius 2 is 1.87 bits per heavy atom. The SMILES string of the molecule is CCCCCCC(CC(=O)[O-])C(=O)O.[Na+]. The summed E-state index contributed by atoms with van der Waals surface area (Å²) in [6.45, 7) is 2.07. The maximum absolute atomic E-state index is 10.6. The molecule has 1 N–H and O–H groups in total. The molecule has 0 rings (SSSR count). The van der Waals surface area contributed by atoms with Gasteiger partial charge in [0.2, 0.25) is 0 Å². The molecule has 0 saturated carbocycles. The van der Waals surface area contributed by atoms with Crippen molar-refractivity contribution in [3.05, 3.63) is 0 Å². The average Bonchev–Trinajstić information content (AvgIpc) is 2.09. The van der Waals surface area contributed by atoms with Crippen molar-refractivity contribution in [3.63, 3.8) is 0 Å². The van der Waals surface area contributed by atoms with Crippen LogP contribution in [0.2, 0.25) is 0 Å². The molecule has 0 heterocycles. The first-order chi connectivity index (χ1) is 6.57. The predicted molar refractivity (Wildman–Crippen MR) is 49.5 cm³/mol. The number of aliphatic carboxylic acids is 2. The number of unbranched alkanes of at least 4 members (excludes halogenated alkanes) is 3. The maximum atomic E-state index is 10.6. The van der Waals surface area contributed by atoms with Crippen molar-refractivity contribution < 1.29 is 49.4 Å². The normalized spacial score (nSPS) is 11.5. The van der Waals surface area contributed by atoms with Gasteiger partial charge in [-0.2, -0.15) is 0 Å². The van der Waals surface area contributed by atoms with Crippen molar-refractivity contribution in [2.75, 3.05) is 0 Å². The number of carboxylic acids is 2. The fourth-order valence-electron chi connectivity index (χ4n) is 1.33. The smallest absolute Gasteiger partial charge is 0.550 e. The summed E-state index contributed by atoms with van der Waals surface area (Å²) in [5, 5.41) is 18.9. The molecule has 0 aliphatic carbocycles. The zero-order valence-corrected chi connectivity index (χ0v) is 11.5. The van der Waals surface area contributed by atoms with Crippen LogP contribution >= 0.6 is 0 Å². The number of carbonyl (C=O) groups is 2. The molecule has 0 saturated heterocycles. The summed E-state index contributed by atoms with van der Waals surface area (Å²) in [6.07, 6.45) is 3.95. The molecule has 0 aliphatic rings. The van der Waals surface area contributed by atoms with Crippen LogP contribution in [0.1, 0.15) is 45.4 Å². The van der Waals surface area contributed by atoms with Gasteiger partial charge in [0.05, 0.1) is 5.92 Å². The van der Waals surface area contributed by atoms with Crippen LogP contribution in [0.25, 0.3) is 0 Å². The average molecular weight is 224 g/mol. The Hall–Kier alpha value is -0.0600. The second-order valence-electron chi connectivity index (χ2n) is 3.46. The van der Waals surface area contributed by atoms with Crippen molar-refractivity contribution >= 4 is 11.9 Å². The zero-order valence-electron chi connectivity index (χ0n) is 9.49. The van der Waals surface area contributed by atoms with E-state index in [0.717, 1.165) is 25.7 Å². The van der Waals surface area contributed by atoms with E-state index in [1.54, 1.807) is 0 Å². The van der Waals surface area contributed by atoms with Crippen LogP contribution in [0.3, 0.4) is 0 Å². The van der Waals surface area contributed by atoms with E-state index < -0.39 is 17.9 Å². The molecule has 0 fully saturated rings. The molecule has 0 aliphatic heterocycles. The Bertz CT molecular complexity index is 194. The molecule has 0 amide bonds. The van der Waals surface area contributed by atoms with Gasteiger partial charge in [0.1, 0.15) is 0 Å². The van der Waals surface area contributed by atoms with E-state index in [1.807, 2.05) is 0 Å². The second-order valence-corrected chi connectivity index (χ2v) is 3.46. The van der Waals surface area contributed by atoms with Gasteiger partial charge in [0, 0.05) is 12.4 Å². The minimum atomic E-state index is -1.28. The van der Waals surface area contributed by atoms with Gasteiger partial charge in [0.15, 0.2) is 0 Å². The summed E-state index contributed by atoms with van der Waals surface area (Å²) in [4.78, 5) is 20.8. The molecule has 0 spiro atoms. The Labute approximate surface area is 112 Å². The molecule has 0 radical (unpaired) electrons. The fourth-order valence-corrected chi connectivity index (χ4v) is 1.33. The number of hydrogen-bond donors (Lipinski definition) is 1. The number of carboxylic acid groups (broad SMARTS) is 2. The van der Waals surface area contributed by atoms with Gasteiger partial charge in [-0.1, -0.05) is 32.6 Å². The van der Waals surface area contributed by atoms with Gasteiger partial charge < -0.3 is 15.0 Å². The number of rotatable bonds is 8. The maximum Gasteiger partial charge on any atom is 1.00 e. The van der Waals surface area contributed by atoms with E-state index in [-0.39, 0.29) is 36.0 Å². The molecule has 4 nitrogen and oxygen atoms in total. The molecule has 1 unspecified atom stereocenters. The van der Waals surface area contributed by atoms with Gasteiger partial charge in [-0.05, 0) is 6.42 Å². The molecule has 0 aromatic rings. The first-order valence-corrected chi connectivity index (χ1v) is 5.00. The first-order valence-electron chi connectivity index (χ1n) is 5.00. The quantitative estimate of drug-likeness (QED) is 0.375. The number of hydrogen-bond acceptors (Lipinski definition) is 3. The Morgan fingerprint density at radius 3 is 2.27 bits per heavy atom. The second kappa shape index (κ2) is 10.5. The van der Waals surface area contributed by atoms with Crippen LogP contribution in [0.5, 0.6) is 0 Å². The standard InChI is InChI=1S/C10H18O4.Na/c1-2-3-4-5-6-8(10(13)14)7-9(11)12;/h8H,2-7H2,1H3,(H,11,12)(H,13,14);/q;+1/p-1. The van der Waals surface area contributed by atoms with E-state index >= 15 is 0 Å². The molecule has 82 valence electrons. The van der Waals surface area contributed by atoms with Gasteiger partial charge >= 0.3 is 35.5 Å². The van der Waals surface area contributed by atoms with Crippen LogP contribution in [-0.2, 0) is 9.59 Å². The zero-order chi connectivity index (χ0) is 11.0. The summed E-state index contributed by atoms with van der Waals surface area (Å²) in [5.41, 5.74) is 0. The summed E-state index contributed by atoms with van der Waals surface area (Å²) in [6, 6.07) is 0. The molecular formula is C10H17NaO4. The summed E-state index contributed by atoms with van der Waals surface area (Å²) in [7, 11) is 0. The Balaban J connectivity index is 0. The van der Waals surface area contributed by atoms with E-state index in [4.69, 9.17) is 5.11 Å². The third-order valence-electron chi connectivity index (χ3n) is 2.17. The summed E-state index contributed by atoms with van der Waals surface area (Å²) in [5.74, 6) is -3.10. The van der Waals surface area contributed by atoms with Crippen molar-refractivity contribution in [3.8, 4) is 0 Å². The van der Waals surface area contributed by atoms with Crippen molar-refractivity contribution in [1.82, 2.24) is 0 Å². The minimum Gasteiger partial charge on any atom is -0.550 e. The van der Waals surface area contributed by atoms with E-state index in [2.05, 4.69) is 6.92 Å². The largest absolute Gasteiger partial charge is 1.00 e. The predicted octanol–water partition coefficient (Wildman–Crippen LogP) is -2.20. The molecule has 15 heavy (non-hydrogen) atoms. The van der Waals surface area contributed by atoms with Crippen LogP contribution < -0.4 is 34.7 Å². The number of carbonyl (C=O) groups excluding carboxylic acids is 1. The third kappa shape index (κ3) is 10.2. The van der Waals surface area contributed by atoms with Crippen LogP contribution in [0.15, 0.2) is 0 Å². The third-order valence-corrected chi connectivity index (χ3v) is 2.17. The molecule has 5 heteroatoms. The first kappa shape index (κ1) is 17.3. The molecule has 0 bridgehead atoms. The van der Waals surface area contributed by atoms with Crippen LogP contribution in [0, 0.1) is 5.92 Å². The van der Waals surface area contributed by atoms with Gasteiger partial charge in [-0.3, -0.25) is 4.79 Å². The summed E-state index contributed by atoms with van der Waals surface area (Å²) < 4.78 is 0. The van der Waals surface area contributed by atoms with Gasteiger partial charge in [-0.25, -0.2) is 0 Å². The molecule has 0 aromatic heterocycles. The monoisotopic (exact) mass is 224 g/mol. The fraction of sp³-hybridized carbons (Fsp3) is 0.800. The topological polar surface area (TPSA) is 77.4 Å². The van der Waals surface area contributed by atoms with Crippen molar-refractivity contribution in [2.45, 2.75) is 45.4 Å². The van der Waals surface area contributed by atoms with E-state index in [0.29, 0.717) is 6.42 Å². The molecule has 0 aromatic carbocycles. The van der Waals surface area contributed by atoms with E-state index in [1.165, 1.54) is 0 Å². The Kier molecular flexibility index (Phi) is 12.1. The summed E-state index contributed by atoms with van der Waals surface area (Å²) >= 11 is 0. The van der Waals surface area contributed by atoms with Crippen LogP contribution in [-0.4, -0.2) is 17.0 Å². The van der Waals surface area contributed by atoms with Gasteiger partial charge in [-0.15, -0.1) is 0 Å². The van der Waals surface area contributed by atoms with E-state index in [9.17, 15) is 14.7 Å². The van der Waals surface area contributed by atoms with Gasteiger partial charge in [0.25, 0.3) is 0 Å². The molecule has 1 atom stereocenters. The minimum absolute atomic E-state index is 0.